The van der Waals surface area contributed by atoms with Gasteiger partial charge in [0.05, 0.1) is 0 Å². The van der Waals surface area contributed by atoms with Gasteiger partial charge in [-0.15, -0.1) is 0 Å². The fourth-order valence-electron chi connectivity index (χ4n) is 2.73. The van der Waals surface area contributed by atoms with Gasteiger partial charge in [-0.3, -0.25) is 4.79 Å². The molecule has 0 bridgehead atoms. The molecule has 0 aromatic carbocycles. The summed E-state index contributed by atoms with van der Waals surface area (Å²) in [7, 11) is 0. The first-order valence-corrected chi connectivity index (χ1v) is 7.00. The van der Waals surface area contributed by atoms with Gasteiger partial charge in [-0.2, -0.15) is 0 Å². The lowest BCUT2D eigenvalue weighted by Gasteiger charge is -2.32. The van der Waals surface area contributed by atoms with Gasteiger partial charge in [0, 0.05) is 19.5 Å². The molecule has 1 heterocycles. The molecule has 3 nitrogen and oxygen atoms in total. The standard InChI is InChI=1S/C14H28N2O/c1-11(2)8-12(3)9-14(17)16-6-4-13(10-15)5-7-16/h11-13H,4-10,15H2,1-3H3. The highest BCUT2D eigenvalue weighted by Gasteiger charge is 2.23. The average Bonchev–Trinajstić information content (AvgIpc) is 2.28. The van der Waals surface area contributed by atoms with Crippen molar-refractivity contribution in [1.82, 2.24) is 4.90 Å². The molecule has 1 saturated heterocycles. The van der Waals surface area contributed by atoms with Crippen LogP contribution in [0.25, 0.3) is 0 Å². The second-order valence-electron chi connectivity index (χ2n) is 6.00. The van der Waals surface area contributed by atoms with E-state index in [0.29, 0.717) is 30.1 Å². The number of hydrogen-bond donors (Lipinski definition) is 1. The summed E-state index contributed by atoms with van der Waals surface area (Å²) < 4.78 is 0. The lowest BCUT2D eigenvalue weighted by molar-refractivity contribution is -0.133. The van der Waals surface area contributed by atoms with Gasteiger partial charge in [0.2, 0.25) is 5.91 Å². The summed E-state index contributed by atoms with van der Waals surface area (Å²) in [4.78, 5) is 14.1. The predicted molar refractivity (Wildman–Crippen MR) is 71.6 cm³/mol. The zero-order chi connectivity index (χ0) is 12.8. The molecule has 100 valence electrons. The minimum Gasteiger partial charge on any atom is -0.343 e. The van der Waals surface area contributed by atoms with E-state index in [1.165, 1.54) is 0 Å². The smallest absolute Gasteiger partial charge is 0.222 e. The SMILES string of the molecule is CC(C)CC(C)CC(=O)N1CCC(CN)CC1. The first-order chi connectivity index (χ1) is 8.02. The van der Waals surface area contributed by atoms with E-state index >= 15 is 0 Å². The lowest BCUT2D eigenvalue weighted by Crippen LogP contribution is -2.40. The van der Waals surface area contributed by atoms with E-state index in [4.69, 9.17) is 5.73 Å². The van der Waals surface area contributed by atoms with E-state index in [2.05, 4.69) is 20.8 Å². The minimum absolute atomic E-state index is 0.341. The zero-order valence-electron chi connectivity index (χ0n) is 11.6. The van der Waals surface area contributed by atoms with Crippen LogP contribution in [0.15, 0.2) is 0 Å². The van der Waals surface area contributed by atoms with Crippen LogP contribution < -0.4 is 5.73 Å². The third kappa shape index (κ3) is 5.07. The van der Waals surface area contributed by atoms with Crippen molar-refractivity contribution in [2.45, 2.75) is 46.5 Å². The molecular weight excluding hydrogens is 212 g/mol. The monoisotopic (exact) mass is 240 g/mol. The summed E-state index contributed by atoms with van der Waals surface area (Å²) in [6, 6.07) is 0. The van der Waals surface area contributed by atoms with Crippen LogP contribution in [-0.2, 0) is 4.79 Å². The second-order valence-corrected chi connectivity index (χ2v) is 6.00. The molecule has 3 heteroatoms. The molecule has 1 aliphatic heterocycles. The Balaban J connectivity index is 2.29. The maximum absolute atomic E-state index is 12.1. The molecule has 1 rings (SSSR count). The molecule has 0 aliphatic carbocycles. The van der Waals surface area contributed by atoms with Crippen molar-refractivity contribution in [3.05, 3.63) is 0 Å². The quantitative estimate of drug-likeness (QED) is 0.801. The molecule has 1 atom stereocenters. The summed E-state index contributed by atoms with van der Waals surface area (Å²) in [6.07, 6.45) is 4.03. The Morgan fingerprint density at radius 3 is 2.35 bits per heavy atom. The number of carbonyl (C=O) groups is 1. The van der Waals surface area contributed by atoms with Gasteiger partial charge >= 0.3 is 0 Å². The molecule has 0 saturated carbocycles. The summed E-state index contributed by atoms with van der Waals surface area (Å²) >= 11 is 0. The van der Waals surface area contributed by atoms with Crippen molar-refractivity contribution < 1.29 is 4.79 Å². The van der Waals surface area contributed by atoms with Crippen molar-refractivity contribution in [2.75, 3.05) is 19.6 Å². The number of carbonyl (C=O) groups excluding carboxylic acids is 1. The fourth-order valence-corrected chi connectivity index (χ4v) is 2.73. The van der Waals surface area contributed by atoms with Crippen LogP contribution in [0.1, 0.15) is 46.5 Å². The van der Waals surface area contributed by atoms with Crippen LogP contribution in [0.5, 0.6) is 0 Å². The number of rotatable bonds is 5. The van der Waals surface area contributed by atoms with Crippen LogP contribution in [0.2, 0.25) is 0 Å². The first kappa shape index (κ1) is 14.5. The Bertz CT molecular complexity index is 232. The molecule has 0 radical (unpaired) electrons. The Morgan fingerprint density at radius 2 is 1.88 bits per heavy atom. The predicted octanol–water partition coefficient (Wildman–Crippen LogP) is 2.26. The number of amides is 1. The van der Waals surface area contributed by atoms with E-state index in [1.54, 1.807) is 0 Å². The maximum atomic E-state index is 12.1. The molecule has 0 aromatic rings. The summed E-state index contributed by atoms with van der Waals surface area (Å²) in [5, 5.41) is 0. The molecular formula is C14H28N2O. The minimum atomic E-state index is 0.341. The maximum Gasteiger partial charge on any atom is 0.222 e. The number of piperidine rings is 1. The van der Waals surface area contributed by atoms with Crippen LogP contribution in [0.3, 0.4) is 0 Å². The molecule has 17 heavy (non-hydrogen) atoms. The average molecular weight is 240 g/mol. The van der Waals surface area contributed by atoms with Gasteiger partial charge in [0.15, 0.2) is 0 Å². The van der Waals surface area contributed by atoms with Gasteiger partial charge in [-0.25, -0.2) is 0 Å². The highest BCUT2D eigenvalue weighted by molar-refractivity contribution is 5.76. The van der Waals surface area contributed by atoms with Crippen LogP contribution in [0.4, 0.5) is 0 Å². The van der Waals surface area contributed by atoms with E-state index in [1.807, 2.05) is 4.90 Å². The van der Waals surface area contributed by atoms with E-state index in [9.17, 15) is 4.79 Å². The van der Waals surface area contributed by atoms with Crippen LogP contribution in [0, 0.1) is 17.8 Å². The molecule has 2 N–H and O–H groups in total. The molecule has 0 aromatic heterocycles. The van der Waals surface area contributed by atoms with Crippen LogP contribution >= 0.6 is 0 Å². The number of nitrogens with two attached hydrogens (primary N) is 1. The number of hydrogen-bond acceptors (Lipinski definition) is 2. The molecule has 1 amide bonds. The van der Waals surface area contributed by atoms with Crippen molar-refractivity contribution in [3.63, 3.8) is 0 Å². The molecule has 1 fully saturated rings. The van der Waals surface area contributed by atoms with Gasteiger partial charge in [0.1, 0.15) is 0 Å². The highest BCUT2D eigenvalue weighted by Crippen LogP contribution is 2.20. The summed E-state index contributed by atoms with van der Waals surface area (Å²) in [5.74, 6) is 2.16. The van der Waals surface area contributed by atoms with Crippen LogP contribution in [-0.4, -0.2) is 30.4 Å². The zero-order valence-corrected chi connectivity index (χ0v) is 11.6. The van der Waals surface area contributed by atoms with E-state index in [0.717, 1.165) is 38.9 Å². The third-order valence-corrected chi connectivity index (χ3v) is 3.70. The van der Waals surface area contributed by atoms with E-state index in [-0.39, 0.29) is 0 Å². The van der Waals surface area contributed by atoms with Gasteiger partial charge in [-0.1, -0.05) is 20.8 Å². The fraction of sp³-hybridized carbons (Fsp3) is 0.929. The topological polar surface area (TPSA) is 46.3 Å². The lowest BCUT2D eigenvalue weighted by atomic mass is 9.93. The number of likely N-dealkylation sites (tertiary alicyclic amines) is 1. The first-order valence-electron chi connectivity index (χ1n) is 7.00. The Labute approximate surface area is 106 Å². The Hall–Kier alpha value is -0.570. The highest BCUT2D eigenvalue weighted by atomic mass is 16.2. The van der Waals surface area contributed by atoms with Crippen molar-refractivity contribution in [1.29, 1.82) is 0 Å². The second kappa shape index (κ2) is 7.00. The Morgan fingerprint density at radius 1 is 1.29 bits per heavy atom. The van der Waals surface area contributed by atoms with Gasteiger partial charge in [0.25, 0.3) is 0 Å². The third-order valence-electron chi connectivity index (χ3n) is 3.70. The van der Waals surface area contributed by atoms with Gasteiger partial charge in [-0.05, 0) is 43.6 Å². The molecule has 1 unspecified atom stereocenters. The van der Waals surface area contributed by atoms with Crippen molar-refractivity contribution in [3.8, 4) is 0 Å². The Kier molecular flexibility index (Phi) is 5.96. The molecule has 1 aliphatic rings. The number of nitrogens with zero attached hydrogens (tertiary/aromatic N) is 1. The largest absolute Gasteiger partial charge is 0.343 e. The normalized spacial score (nSPS) is 19.7. The van der Waals surface area contributed by atoms with Crippen molar-refractivity contribution in [2.24, 2.45) is 23.5 Å². The summed E-state index contributed by atoms with van der Waals surface area (Å²) in [6.45, 7) is 9.21. The van der Waals surface area contributed by atoms with Gasteiger partial charge < -0.3 is 10.6 Å². The van der Waals surface area contributed by atoms with Crippen molar-refractivity contribution >= 4 is 5.91 Å². The van der Waals surface area contributed by atoms with E-state index < -0.39 is 0 Å². The molecule has 0 spiro atoms. The summed E-state index contributed by atoms with van der Waals surface area (Å²) in [5.41, 5.74) is 5.66.